The molecule has 5 heteroatoms. The number of fused-ring (bicyclic) bond motifs is 1. The highest BCUT2D eigenvalue weighted by Gasteiger charge is 2.14. The van der Waals surface area contributed by atoms with Gasteiger partial charge >= 0.3 is 0 Å². The Morgan fingerprint density at radius 1 is 1.24 bits per heavy atom. The molecular weight excluding hydrogens is 269 g/mol. The standard InChI is InChI=1S/C16H14FN3O/c1-9-2-5-13(17)15(6-9)20-16(21)12-8-19-14-7-10(18)3-4-11(12)14/h2-8,19H,18H2,1H3,(H,20,21). The number of amides is 1. The molecule has 1 amide bonds. The van der Waals surface area contributed by atoms with Crippen LogP contribution in [0.4, 0.5) is 15.8 Å². The second-order valence-electron chi connectivity index (χ2n) is 4.94. The number of nitrogens with two attached hydrogens (primary N) is 1. The summed E-state index contributed by atoms with van der Waals surface area (Å²) in [6.07, 6.45) is 1.59. The number of rotatable bonds is 2. The van der Waals surface area contributed by atoms with Crippen molar-refractivity contribution in [1.82, 2.24) is 4.98 Å². The number of hydrogen-bond acceptors (Lipinski definition) is 2. The lowest BCUT2D eigenvalue weighted by molar-refractivity contribution is 0.102. The van der Waals surface area contributed by atoms with Gasteiger partial charge in [0, 0.05) is 22.8 Å². The number of nitrogens with one attached hydrogen (secondary N) is 2. The van der Waals surface area contributed by atoms with Gasteiger partial charge in [-0.25, -0.2) is 4.39 Å². The van der Waals surface area contributed by atoms with Gasteiger partial charge in [0.15, 0.2) is 0 Å². The third-order valence-electron chi connectivity index (χ3n) is 3.32. The maximum Gasteiger partial charge on any atom is 0.257 e. The molecule has 0 radical (unpaired) electrons. The van der Waals surface area contributed by atoms with Gasteiger partial charge < -0.3 is 16.0 Å². The number of nitrogen functional groups attached to an aromatic ring is 1. The molecule has 1 aromatic heterocycles. The third kappa shape index (κ3) is 2.45. The molecule has 3 aromatic rings. The summed E-state index contributed by atoms with van der Waals surface area (Å²) in [5, 5.41) is 3.34. The molecule has 3 rings (SSSR count). The first-order valence-corrected chi connectivity index (χ1v) is 6.49. The van der Waals surface area contributed by atoms with Crippen molar-refractivity contribution in [2.24, 2.45) is 0 Å². The van der Waals surface area contributed by atoms with Crippen LogP contribution in [0, 0.1) is 12.7 Å². The van der Waals surface area contributed by atoms with Gasteiger partial charge in [0.1, 0.15) is 5.82 Å². The zero-order valence-electron chi connectivity index (χ0n) is 11.4. The van der Waals surface area contributed by atoms with Gasteiger partial charge in [-0.1, -0.05) is 6.07 Å². The number of carbonyl (C=O) groups excluding carboxylic acids is 1. The smallest absolute Gasteiger partial charge is 0.257 e. The van der Waals surface area contributed by atoms with Crippen LogP contribution < -0.4 is 11.1 Å². The normalized spacial score (nSPS) is 10.8. The molecule has 4 N–H and O–H groups in total. The summed E-state index contributed by atoms with van der Waals surface area (Å²) in [6.45, 7) is 1.84. The second-order valence-corrected chi connectivity index (χ2v) is 4.94. The van der Waals surface area contributed by atoms with E-state index in [2.05, 4.69) is 10.3 Å². The number of carbonyl (C=O) groups is 1. The van der Waals surface area contributed by atoms with Crippen LogP contribution in [0.3, 0.4) is 0 Å². The molecule has 0 fully saturated rings. The highest BCUT2D eigenvalue weighted by molar-refractivity contribution is 6.13. The van der Waals surface area contributed by atoms with Crippen molar-refractivity contribution >= 4 is 28.2 Å². The van der Waals surface area contributed by atoms with E-state index in [1.54, 1.807) is 36.5 Å². The van der Waals surface area contributed by atoms with Gasteiger partial charge in [-0.3, -0.25) is 4.79 Å². The van der Waals surface area contributed by atoms with Crippen molar-refractivity contribution in [1.29, 1.82) is 0 Å². The molecule has 0 bridgehead atoms. The number of halogens is 1. The van der Waals surface area contributed by atoms with Crippen molar-refractivity contribution in [2.45, 2.75) is 6.92 Å². The van der Waals surface area contributed by atoms with Crippen LogP contribution in [-0.2, 0) is 0 Å². The Balaban J connectivity index is 1.95. The van der Waals surface area contributed by atoms with E-state index in [-0.39, 0.29) is 11.6 Å². The quantitative estimate of drug-likeness (QED) is 0.630. The van der Waals surface area contributed by atoms with Crippen molar-refractivity contribution in [3.8, 4) is 0 Å². The van der Waals surface area contributed by atoms with Crippen LogP contribution in [-0.4, -0.2) is 10.9 Å². The second kappa shape index (κ2) is 4.94. The largest absolute Gasteiger partial charge is 0.399 e. The van der Waals surface area contributed by atoms with E-state index in [1.165, 1.54) is 6.07 Å². The van der Waals surface area contributed by atoms with Gasteiger partial charge in [-0.05, 0) is 42.8 Å². The average molecular weight is 283 g/mol. The van der Waals surface area contributed by atoms with E-state index in [0.29, 0.717) is 11.3 Å². The molecule has 21 heavy (non-hydrogen) atoms. The Morgan fingerprint density at radius 3 is 2.86 bits per heavy atom. The van der Waals surface area contributed by atoms with Crippen LogP contribution in [0.25, 0.3) is 10.9 Å². The van der Waals surface area contributed by atoms with Crippen LogP contribution in [0.1, 0.15) is 15.9 Å². The molecule has 4 nitrogen and oxygen atoms in total. The minimum atomic E-state index is -0.460. The SMILES string of the molecule is Cc1ccc(F)c(NC(=O)c2c[nH]c3cc(N)ccc23)c1. The number of benzene rings is 2. The van der Waals surface area contributed by atoms with Gasteiger partial charge in [0.25, 0.3) is 5.91 Å². The van der Waals surface area contributed by atoms with Crippen molar-refractivity contribution in [2.75, 3.05) is 11.1 Å². The Morgan fingerprint density at radius 2 is 2.05 bits per heavy atom. The fourth-order valence-corrected chi connectivity index (χ4v) is 2.26. The Bertz CT molecular complexity index is 839. The van der Waals surface area contributed by atoms with E-state index >= 15 is 0 Å². The van der Waals surface area contributed by atoms with E-state index in [4.69, 9.17) is 5.73 Å². The Kier molecular flexibility index (Phi) is 3.10. The van der Waals surface area contributed by atoms with Crippen molar-refractivity contribution in [3.05, 3.63) is 59.5 Å². The molecule has 2 aromatic carbocycles. The van der Waals surface area contributed by atoms with E-state index in [0.717, 1.165) is 16.5 Å². The summed E-state index contributed by atoms with van der Waals surface area (Å²) in [7, 11) is 0. The molecule has 0 aliphatic heterocycles. The van der Waals surface area contributed by atoms with E-state index in [1.807, 2.05) is 6.92 Å². The zero-order valence-corrected chi connectivity index (χ0v) is 11.4. The number of H-pyrrole nitrogens is 1. The third-order valence-corrected chi connectivity index (χ3v) is 3.32. The molecule has 0 spiro atoms. The summed E-state index contributed by atoms with van der Waals surface area (Å²) in [5.41, 5.74) is 8.57. The molecule has 0 saturated carbocycles. The first-order chi connectivity index (χ1) is 10.0. The minimum Gasteiger partial charge on any atom is -0.399 e. The monoisotopic (exact) mass is 283 g/mol. The highest BCUT2D eigenvalue weighted by atomic mass is 19.1. The number of aryl methyl sites for hydroxylation is 1. The van der Waals surface area contributed by atoms with Crippen LogP contribution >= 0.6 is 0 Å². The maximum atomic E-state index is 13.7. The lowest BCUT2D eigenvalue weighted by Gasteiger charge is -2.06. The first kappa shape index (κ1) is 13.2. The molecule has 106 valence electrons. The summed E-state index contributed by atoms with van der Waals surface area (Å²) < 4.78 is 13.7. The fourth-order valence-electron chi connectivity index (χ4n) is 2.26. The molecule has 0 aliphatic carbocycles. The van der Waals surface area contributed by atoms with Crippen LogP contribution in [0.15, 0.2) is 42.6 Å². The maximum absolute atomic E-state index is 13.7. The molecule has 0 saturated heterocycles. The van der Waals surface area contributed by atoms with Gasteiger partial charge in [0.2, 0.25) is 0 Å². The first-order valence-electron chi connectivity index (χ1n) is 6.49. The zero-order chi connectivity index (χ0) is 15.0. The number of aromatic nitrogens is 1. The summed E-state index contributed by atoms with van der Waals surface area (Å²) in [6, 6.07) is 9.82. The predicted molar refractivity (Wildman–Crippen MR) is 81.8 cm³/mol. The molecular formula is C16H14FN3O. The topological polar surface area (TPSA) is 70.9 Å². The average Bonchev–Trinajstić information content (AvgIpc) is 2.85. The number of anilines is 2. The van der Waals surface area contributed by atoms with E-state index in [9.17, 15) is 9.18 Å². The molecule has 0 atom stereocenters. The summed E-state index contributed by atoms with van der Waals surface area (Å²) in [4.78, 5) is 15.3. The Hall–Kier alpha value is -2.82. The van der Waals surface area contributed by atoms with Gasteiger partial charge in [-0.15, -0.1) is 0 Å². The van der Waals surface area contributed by atoms with Gasteiger partial charge in [0.05, 0.1) is 11.3 Å². The van der Waals surface area contributed by atoms with Crippen LogP contribution in [0.2, 0.25) is 0 Å². The minimum absolute atomic E-state index is 0.171. The van der Waals surface area contributed by atoms with E-state index < -0.39 is 5.82 Å². The lowest BCUT2D eigenvalue weighted by atomic mass is 10.1. The van der Waals surface area contributed by atoms with Crippen molar-refractivity contribution < 1.29 is 9.18 Å². The summed E-state index contributed by atoms with van der Waals surface area (Å²) >= 11 is 0. The highest BCUT2D eigenvalue weighted by Crippen LogP contribution is 2.23. The number of hydrogen-bond donors (Lipinski definition) is 3. The lowest BCUT2D eigenvalue weighted by Crippen LogP contribution is -2.12. The number of aromatic amines is 1. The fraction of sp³-hybridized carbons (Fsp3) is 0.0625. The molecule has 1 heterocycles. The Labute approximate surface area is 120 Å². The molecule has 0 aliphatic rings. The predicted octanol–water partition coefficient (Wildman–Crippen LogP) is 3.45. The van der Waals surface area contributed by atoms with Gasteiger partial charge in [-0.2, -0.15) is 0 Å². The van der Waals surface area contributed by atoms with Crippen LogP contribution in [0.5, 0.6) is 0 Å². The van der Waals surface area contributed by atoms with Crippen molar-refractivity contribution in [3.63, 3.8) is 0 Å². The summed E-state index contributed by atoms with van der Waals surface area (Å²) in [5.74, 6) is -0.825. The molecule has 0 unspecified atom stereocenters.